The van der Waals surface area contributed by atoms with Crippen LogP contribution in [0.5, 0.6) is 5.75 Å². The number of benzene rings is 1. The molecule has 1 aromatic carbocycles. The van der Waals surface area contributed by atoms with E-state index in [0.717, 1.165) is 0 Å². The van der Waals surface area contributed by atoms with E-state index in [4.69, 9.17) is 5.11 Å². The normalized spacial score (nSPS) is 10.1. The zero-order chi connectivity index (χ0) is 10.7. The minimum absolute atomic E-state index is 0.0675. The molecule has 0 amide bonds. The van der Waals surface area contributed by atoms with Gasteiger partial charge in [0, 0.05) is 12.0 Å². The second-order valence-electron chi connectivity index (χ2n) is 3.12. The van der Waals surface area contributed by atoms with Gasteiger partial charge in [0.25, 0.3) is 0 Å². The summed E-state index contributed by atoms with van der Waals surface area (Å²) in [4.78, 5) is 10.3. The highest BCUT2D eigenvalue weighted by Gasteiger charge is 2.07. The van der Waals surface area contributed by atoms with Crippen molar-refractivity contribution < 1.29 is 19.4 Å². The molecule has 0 saturated carbocycles. The molecular formula is C10H11FO3. The van der Waals surface area contributed by atoms with E-state index in [0.29, 0.717) is 5.56 Å². The molecule has 1 rings (SSSR count). The van der Waals surface area contributed by atoms with E-state index in [2.05, 4.69) is 0 Å². The van der Waals surface area contributed by atoms with Crippen molar-refractivity contribution in [2.24, 2.45) is 0 Å². The number of rotatable bonds is 3. The Labute approximate surface area is 80.8 Å². The molecule has 0 spiro atoms. The van der Waals surface area contributed by atoms with Crippen molar-refractivity contribution in [3.63, 3.8) is 0 Å². The summed E-state index contributed by atoms with van der Waals surface area (Å²) in [5.41, 5.74) is 0.678. The molecule has 0 bridgehead atoms. The third kappa shape index (κ3) is 2.45. The van der Waals surface area contributed by atoms with Crippen LogP contribution in [0.25, 0.3) is 0 Å². The molecule has 0 aliphatic heterocycles. The second kappa shape index (κ2) is 4.09. The summed E-state index contributed by atoms with van der Waals surface area (Å²) in [6, 6.07) is 2.64. The number of carboxylic acids is 1. The van der Waals surface area contributed by atoms with Gasteiger partial charge in [0.1, 0.15) is 11.6 Å². The number of carbonyl (C=O) groups is 1. The molecule has 0 saturated heterocycles. The number of halogens is 1. The van der Waals surface area contributed by atoms with Gasteiger partial charge in [-0.2, -0.15) is 0 Å². The third-order valence-electron chi connectivity index (χ3n) is 2.00. The summed E-state index contributed by atoms with van der Waals surface area (Å²) in [6.45, 7) is 1.46. The lowest BCUT2D eigenvalue weighted by Gasteiger charge is -2.04. The number of aromatic hydroxyl groups is 1. The van der Waals surface area contributed by atoms with E-state index < -0.39 is 11.8 Å². The molecule has 0 radical (unpaired) electrons. The van der Waals surface area contributed by atoms with Crippen LogP contribution in [0, 0.1) is 12.7 Å². The fraction of sp³-hybridized carbons (Fsp3) is 0.300. The summed E-state index contributed by atoms with van der Waals surface area (Å²) < 4.78 is 13.1. The van der Waals surface area contributed by atoms with Crippen molar-refractivity contribution >= 4 is 5.97 Å². The van der Waals surface area contributed by atoms with Crippen LogP contribution in [0.1, 0.15) is 17.5 Å². The number of carboxylic acid groups (broad SMARTS) is 1. The molecular weight excluding hydrogens is 187 g/mol. The molecule has 2 N–H and O–H groups in total. The molecule has 4 heteroatoms. The summed E-state index contributed by atoms with van der Waals surface area (Å²) >= 11 is 0. The van der Waals surface area contributed by atoms with Crippen molar-refractivity contribution in [3.05, 3.63) is 29.1 Å². The number of phenolic OH excluding ortho intramolecular Hbond substituents is 1. The Bertz CT molecular complexity index is 337. The van der Waals surface area contributed by atoms with Gasteiger partial charge in [0.05, 0.1) is 0 Å². The highest BCUT2D eigenvalue weighted by Crippen LogP contribution is 2.21. The first kappa shape index (κ1) is 10.5. The molecule has 14 heavy (non-hydrogen) atoms. The molecule has 0 fully saturated rings. The Kier molecular flexibility index (Phi) is 3.06. The highest BCUT2D eigenvalue weighted by molar-refractivity contribution is 5.67. The molecule has 1 aromatic rings. The van der Waals surface area contributed by atoms with Crippen LogP contribution in [0.2, 0.25) is 0 Å². The van der Waals surface area contributed by atoms with Gasteiger partial charge in [0.2, 0.25) is 0 Å². The second-order valence-corrected chi connectivity index (χ2v) is 3.12. The van der Waals surface area contributed by atoms with Gasteiger partial charge in [0.15, 0.2) is 0 Å². The smallest absolute Gasteiger partial charge is 0.303 e. The summed E-state index contributed by atoms with van der Waals surface area (Å²) in [7, 11) is 0. The van der Waals surface area contributed by atoms with Crippen molar-refractivity contribution in [1.82, 2.24) is 0 Å². The minimum atomic E-state index is -0.939. The first-order valence-electron chi connectivity index (χ1n) is 4.20. The largest absolute Gasteiger partial charge is 0.508 e. The van der Waals surface area contributed by atoms with E-state index in [1.165, 1.54) is 19.1 Å². The van der Waals surface area contributed by atoms with E-state index in [9.17, 15) is 14.3 Å². The van der Waals surface area contributed by atoms with Crippen molar-refractivity contribution in [2.75, 3.05) is 0 Å². The number of phenols is 1. The zero-order valence-electron chi connectivity index (χ0n) is 7.75. The van der Waals surface area contributed by atoms with Crippen molar-refractivity contribution in [2.45, 2.75) is 19.8 Å². The van der Waals surface area contributed by atoms with Gasteiger partial charge in [-0.25, -0.2) is 4.39 Å². The first-order valence-corrected chi connectivity index (χ1v) is 4.20. The van der Waals surface area contributed by atoms with Crippen molar-refractivity contribution in [3.8, 4) is 5.75 Å². The SMILES string of the molecule is Cc1c(O)cc(CCC(=O)O)cc1F. The van der Waals surface area contributed by atoms with Gasteiger partial charge in [-0.1, -0.05) is 0 Å². The van der Waals surface area contributed by atoms with Gasteiger partial charge >= 0.3 is 5.97 Å². The Morgan fingerprint density at radius 1 is 1.50 bits per heavy atom. The standard InChI is InChI=1S/C10H11FO3/c1-6-8(11)4-7(5-9(6)12)2-3-10(13)14/h4-5,12H,2-3H2,1H3,(H,13,14). The number of aryl methyl sites for hydroxylation is 1. The van der Waals surface area contributed by atoms with Crippen LogP contribution in [0.4, 0.5) is 4.39 Å². The van der Waals surface area contributed by atoms with Gasteiger partial charge in [-0.05, 0) is 31.0 Å². The molecule has 0 unspecified atom stereocenters. The van der Waals surface area contributed by atoms with E-state index in [1.807, 2.05) is 0 Å². The summed E-state index contributed by atoms with van der Waals surface area (Å²) in [5, 5.41) is 17.7. The number of hydrogen-bond acceptors (Lipinski definition) is 2. The molecule has 3 nitrogen and oxygen atoms in total. The lowest BCUT2D eigenvalue weighted by atomic mass is 10.1. The Hall–Kier alpha value is -1.58. The Morgan fingerprint density at radius 2 is 2.14 bits per heavy atom. The topological polar surface area (TPSA) is 57.5 Å². The maximum absolute atomic E-state index is 13.1. The van der Waals surface area contributed by atoms with Crippen LogP contribution >= 0.6 is 0 Å². The Morgan fingerprint density at radius 3 is 2.64 bits per heavy atom. The highest BCUT2D eigenvalue weighted by atomic mass is 19.1. The van der Waals surface area contributed by atoms with E-state index >= 15 is 0 Å². The fourth-order valence-electron chi connectivity index (χ4n) is 1.11. The lowest BCUT2D eigenvalue weighted by Crippen LogP contribution is -1.98. The summed E-state index contributed by atoms with van der Waals surface area (Å²) in [5.74, 6) is -1.58. The van der Waals surface area contributed by atoms with Crippen LogP contribution in [0.3, 0.4) is 0 Å². The molecule has 76 valence electrons. The van der Waals surface area contributed by atoms with Crippen LogP contribution in [-0.2, 0) is 11.2 Å². The van der Waals surface area contributed by atoms with Crippen molar-refractivity contribution in [1.29, 1.82) is 0 Å². The minimum Gasteiger partial charge on any atom is -0.508 e. The number of hydrogen-bond donors (Lipinski definition) is 2. The van der Waals surface area contributed by atoms with Crippen LogP contribution < -0.4 is 0 Å². The molecule has 0 atom stereocenters. The maximum Gasteiger partial charge on any atom is 0.303 e. The predicted octanol–water partition coefficient (Wildman–Crippen LogP) is 1.86. The monoisotopic (exact) mass is 198 g/mol. The predicted molar refractivity (Wildman–Crippen MR) is 48.8 cm³/mol. The maximum atomic E-state index is 13.1. The average molecular weight is 198 g/mol. The lowest BCUT2D eigenvalue weighted by molar-refractivity contribution is -0.136. The number of aliphatic carboxylic acids is 1. The first-order chi connectivity index (χ1) is 6.50. The van der Waals surface area contributed by atoms with Gasteiger partial charge < -0.3 is 10.2 Å². The quantitative estimate of drug-likeness (QED) is 0.779. The molecule has 0 heterocycles. The molecule has 0 aliphatic rings. The van der Waals surface area contributed by atoms with Gasteiger partial charge in [-0.3, -0.25) is 4.79 Å². The molecule has 0 aliphatic carbocycles. The zero-order valence-corrected chi connectivity index (χ0v) is 7.75. The van der Waals surface area contributed by atoms with Gasteiger partial charge in [-0.15, -0.1) is 0 Å². The van der Waals surface area contributed by atoms with Crippen LogP contribution in [0.15, 0.2) is 12.1 Å². The molecule has 0 aromatic heterocycles. The Balaban J connectivity index is 2.84. The fourth-order valence-corrected chi connectivity index (χ4v) is 1.11. The van der Waals surface area contributed by atoms with Crippen LogP contribution in [-0.4, -0.2) is 16.2 Å². The van der Waals surface area contributed by atoms with E-state index in [1.54, 1.807) is 0 Å². The average Bonchev–Trinajstić information content (AvgIpc) is 2.10. The summed E-state index contributed by atoms with van der Waals surface area (Å²) in [6.07, 6.45) is 0.155. The third-order valence-corrected chi connectivity index (χ3v) is 2.00. The van der Waals surface area contributed by atoms with E-state index in [-0.39, 0.29) is 24.2 Å².